The number of benzene rings is 2. The lowest BCUT2D eigenvalue weighted by molar-refractivity contribution is -0.117. The van der Waals surface area contributed by atoms with E-state index < -0.39 is 22.0 Å². The smallest absolute Gasteiger partial charge is 0.250 e. The first-order valence-electron chi connectivity index (χ1n) is 9.05. The Balaban J connectivity index is 1.86. The van der Waals surface area contributed by atoms with E-state index in [0.717, 1.165) is 16.9 Å². The van der Waals surface area contributed by atoms with Crippen LogP contribution in [0.4, 0.5) is 5.69 Å². The van der Waals surface area contributed by atoms with Crippen LogP contribution in [0.1, 0.15) is 5.56 Å². The van der Waals surface area contributed by atoms with Gasteiger partial charge in [0.2, 0.25) is 5.91 Å². The van der Waals surface area contributed by atoms with Crippen molar-refractivity contribution in [2.45, 2.75) is 16.7 Å². The van der Waals surface area contributed by atoms with E-state index in [1.165, 1.54) is 20.3 Å². The second-order valence-corrected chi connectivity index (χ2v) is 9.24. The molecule has 3 aromatic rings. The van der Waals surface area contributed by atoms with Crippen LogP contribution in [0.25, 0.3) is 0 Å². The Labute approximate surface area is 179 Å². The van der Waals surface area contributed by atoms with Crippen molar-refractivity contribution < 1.29 is 22.7 Å². The lowest BCUT2D eigenvalue weighted by Gasteiger charge is -2.19. The molecule has 30 heavy (non-hydrogen) atoms. The molecule has 1 atom stereocenters. The van der Waals surface area contributed by atoms with E-state index in [0.29, 0.717) is 17.2 Å². The first-order valence-corrected chi connectivity index (χ1v) is 11.4. The Hall–Kier alpha value is -2.88. The monoisotopic (exact) mass is 446 g/mol. The highest BCUT2D eigenvalue weighted by molar-refractivity contribution is 7.91. The van der Waals surface area contributed by atoms with Crippen molar-refractivity contribution in [1.82, 2.24) is 4.72 Å². The molecule has 0 spiro atoms. The topological polar surface area (TPSA) is 93.7 Å². The highest BCUT2D eigenvalue weighted by Gasteiger charge is 2.27. The van der Waals surface area contributed by atoms with Gasteiger partial charge in [-0.3, -0.25) is 4.79 Å². The summed E-state index contributed by atoms with van der Waals surface area (Å²) < 4.78 is 38.6. The number of anilines is 1. The van der Waals surface area contributed by atoms with Crippen LogP contribution in [-0.2, 0) is 21.2 Å². The largest absolute Gasteiger partial charge is 0.497 e. The van der Waals surface area contributed by atoms with Gasteiger partial charge < -0.3 is 14.8 Å². The van der Waals surface area contributed by atoms with Crippen LogP contribution in [0.3, 0.4) is 0 Å². The van der Waals surface area contributed by atoms with Gasteiger partial charge in [0.1, 0.15) is 21.8 Å². The third-order valence-corrected chi connectivity index (χ3v) is 7.19. The van der Waals surface area contributed by atoms with Crippen LogP contribution in [0.15, 0.2) is 70.3 Å². The number of carbonyl (C=O) groups excluding carboxylic acids is 1. The minimum atomic E-state index is -3.84. The van der Waals surface area contributed by atoms with E-state index >= 15 is 0 Å². The van der Waals surface area contributed by atoms with Crippen molar-refractivity contribution in [2.75, 3.05) is 19.5 Å². The van der Waals surface area contributed by atoms with Gasteiger partial charge >= 0.3 is 0 Å². The number of hydrogen-bond acceptors (Lipinski definition) is 6. The van der Waals surface area contributed by atoms with Crippen molar-refractivity contribution in [1.29, 1.82) is 0 Å². The van der Waals surface area contributed by atoms with Crippen molar-refractivity contribution in [3.8, 4) is 11.5 Å². The van der Waals surface area contributed by atoms with E-state index in [2.05, 4.69) is 10.0 Å². The molecule has 0 saturated heterocycles. The molecule has 1 amide bonds. The molecular formula is C21H22N2O5S2. The van der Waals surface area contributed by atoms with Crippen LogP contribution in [0, 0.1) is 0 Å². The SMILES string of the molecule is COc1ccc(NC(=O)C(Cc2ccccc2)NS(=O)(=O)c2cccs2)c(OC)c1. The lowest BCUT2D eigenvalue weighted by atomic mass is 10.1. The molecule has 0 bridgehead atoms. The number of rotatable bonds is 9. The number of ether oxygens (including phenoxy) is 2. The Bertz CT molecular complexity index is 1080. The van der Waals surface area contributed by atoms with Crippen LogP contribution < -0.4 is 19.5 Å². The summed E-state index contributed by atoms with van der Waals surface area (Å²) >= 11 is 1.09. The summed E-state index contributed by atoms with van der Waals surface area (Å²) in [5.41, 5.74) is 1.24. The molecule has 7 nitrogen and oxygen atoms in total. The van der Waals surface area contributed by atoms with E-state index in [9.17, 15) is 13.2 Å². The number of thiophene rings is 1. The maximum atomic E-state index is 13.1. The molecule has 3 rings (SSSR count). The molecule has 158 valence electrons. The molecule has 9 heteroatoms. The summed E-state index contributed by atoms with van der Waals surface area (Å²) in [6.07, 6.45) is 0.190. The normalized spacial score (nSPS) is 12.2. The molecule has 2 N–H and O–H groups in total. The molecule has 0 aliphatic carbocycles. The molecule has 0 aliphatic heterocycles. The number of sulfonamides is 1. The second kappa shape index (κ2) is 9.75. The number of amides is 1. The Morgan fingerprint density at radius 1 is 1.03 bits per heavy atom. The van der Waals surface area contributed by atoms with Crippen LogP contribution >= 0.6 is 11.3 Å². The van der Waals surface area contributed by atoms with Gasteiger partial charge in [-0.2, -0.15) is 4.72 Å². The molecule has 2 aromatic carbocycles. The first-order chi connectivity index (χ1) is 14.4. The maximum Gasteiger partial charge on any atom is 0.250 e. The first kappa shape index (κ1) is 21.8. The van der Waals surface area contributed by atoms with Gasteiger partial charge in [-0.1, -0.05) is 36.4 Å². The quantitative estimate of drug-likeness (QED) is 0.526. The lowest BCUT2D eigenvalue weighted by Crippen LogP contribution is -2.45. The zero-order valence-electron chi connectivity index (χ0n) is 16.5. The van der Waals surface area contributed by atoms with Crippen molar-refractivity contribution >= 4 is 33.0 Å². The zero-order valence-corrected chi connectivity index (χ0v) is 18.1. The molecule has 0 saturated carbocycles. The number of nitrogens with one attached hydrogen (secondary N) is 2. The van der Waals surface area contributed by atoms with Crippen molar-refractivity contribution in [2.24, 2.45) is 0 Å². The molecule has 1 aromatic heterocycles. The van der Waals surface area contributed by atoms with Crippen LogP contribution in [0.2, 0.25) is 0 Å². The highest BCUT2D eigenvalue weighted by Crippen LogP contribution is 2.29. The summed E-state index contributed by atoms with van der Waals surface area (Å²) in [6.45, 7) is 0. The number of carbonyl (C=O) groups is 1. The van der Waals surface area contributed by atoms with Gasteiger partial charge in [0, 0.05) is 6.07 Å². The summed E-state index contributed by atoms with van der Waals surface area (Å²) in [4.78, 5) is 13.1. The predicted octanol–water partition coefficient (Wildman–Crippen LogP) is 3.29. The minimum absolute atomic E-state index is 0.149. The summed E-state index contributed by atoms with van der Waals surface area (Å²) in [5, 5.41) is 4.43. The van der Waals surface area contributed by atoms with E-state index in [1.54, 1.807) is 29.6 Å². The third kappa shape index (κ3) is 5.38. The van der Waals surface area contributed by atoms with Crippen molar-refractivity contribution in [3.05, 3.63) is 71.6 Å². The molecule has 1 heterocycles. The fourth-order valence-electron chi connectivity index (χ4n) is 2.82. The fourth-order valence-corrected chi connectivity index (χ4v) is 5.03. The van der Waals surface area contributed by atoms with Crippen LogP contribution in [0.5, 0.6) is 11.5 Å². The maximum absolute atomic E-state index is 13.1. The Morgan fingerprint density at radius 2 is 1.80 bits per heavy atom. The molecule has 0 fully saturated rings. The average molecular weight is 447 g/mol. The van der Waals surface area contributed by atoms with Crippen LogP contribution in [-0.4, -0.2) is 34.6 Å². The molecule has 0 aliphatic rings. The standard InChI is InChI=1S/C21H22N2O5S2/c1-27-16-10-11-17(19(14-16)28-2)22-21(24)18(13-15-7-4-3-5-8-15)23-30(25,26)20-9-6-12-29-20/h3-12,14,18,23H,13H2,1-2H3,(H,22,24). The van der Waals surface area contributed by atoms with Gasteiger partial charge in [0.25, 0.3) is 10.0 Å². The van der Waals surface area contributed by atoms with E-state index in [4.69, 9.17) is 9.47 Å². The summed E-state index contributed by atoms with van der Waals surface area (Å²) in [6, 6.07) is 16.3. The third-order valence-electron chi connectivity index (χ3n) is 4.32. The summed E-state index contributed by atoms with van der Waals surface area (Å²) in [7, 11) is -0.836. The van der Waals surface area contributed by atoms with Gasteiger partial charge in [0.05, 0.1) is 19.9 Å². The average Bonchev–Trinajstić information content (AvgIpc) is 3.30. The van der Waals surface area contributed by atoms with Gasteiger partial charge in [-0.25, -0.2) is 8.42 Å². The number of hydrogen-bond donors (Lipinski definition) is 2. The van der Waals surface area contributed by atoms with E-state index in [1.807, 2.05) is 30.3 Å². The zero-order chi connectivity index (χ0) is 21.6. The minimum Gasteiger partial charge on any atom is -0.497 e. The van der Waals surface area contributed by atoms with Gasteiger partial charge in [-0.15, -0.1) is 11.3 Å². The Kier molecular flexibility index (Phi) is 7.09. The molecular weight excluding hydrogens is 424 g/mol. The van der Waals surface area contributed by atoms with Gasteiger partial charge in [-0.05, 0) is 35.6 Å². The fraction of sp³-hybridized carbons (Fsp3) is 0.190. The Morgan fingerprint density at radius 3 is 2.43 bits per heavy atom. The number of methoxy groups -OCH3 is 2. The van der Waals surface area contributed by atoms with E-state index in [-0.39, 0.29) is 10.6 Å². The van der Waals surface area contributed by atoms with Crippen molar-refractivity contribution in [3.63, 3.8) is 0 Å². The molecule has 1 unspecified atom stereocenters. The molecule has 0 radical (unpaired) electrons. The summed E-state index contributed by atoms with van der Waals surface area (Å²) in [5.74, 6) is 0.480. The second-order valence-electron chi connectivity index (χ2n) is 6.35. The predicted molar refractivity (Wildman–Crippen MR) is 117 cm³/mol. The van der Waals surface area contributed by atoms with Gasteiger partial charge in [0.15, 0.2) is 0 Å². The highest BCUT2D eigenvalue weighted by atomic mass is 32.2.